The van der Waals surface area contributed by atoms with Gasteiger partial charge in [-0.2, -0.15) is 5.10 Å². The number of amides is 1. The van der Waals surface area contributed by atoms with Crippen molar-refractivity contribution < 1.29 is 13.6 Å². The number of benzene rings is 1. The minimum atomic E-state index is -0.869. The van der Waals surface area contributed by atoms with E-state index in [0.29, 0.717) is 6.42 Å². The summed E-state index contributed by atoms with van der Waals surface area (Å²) in [5, 5.41) is 4.30. The molecule has 5 nitrogen and oxygen atoms in total. The van der Waals surface area contributed by atoms with Crippen molar-refractivity contribution >= 4 is 5.91 Å². The second-order valence-electron chi connectivity index (χ2n) is 7.04. The van der Waals surface area contributed by atoms with E-state index < -0.39 is 11.6 Å². The topological polar surface area (TPSA) is 41.4 Å². The highest BCUT2D eigenvalue weighted by Gasteiger charge is 2.46. The smallest absolute Gasteiger partial charge is 0.224 e. The van der Waals surface area contributed by atoms with Crippen LogP contribution < -0.4 is 0 Å². The van der Waals surface area contributed by atoms with Crippen LogP contribution in [0.3, 0.4) is 0 Å². The van der Waals surface area contributed by atoms with Crippen LogP contribution in [0.2, 0.25) is 0 Å². The van der Waals surface area contributed by atoms with Crippen LogP contribution in [0.5, 0.6) is 0 Å². The van der Waals surface area contributed by atoms with Gasteiger partial charge >= 0.3 is 0 Å². The van der Waals surface area contributed by atoms with Crippen LogP contribution in [0.15, 0.2) is 30.6 Å². The Hall–Kier alpha value is -2.28. The molecule has 0 radical (unpaired) electrons. The number of aromatic nitrogens is 2. The maximum atomic E-state index is 14.0. The Morgan fingerprint density at radius 1 is 1.23 bits per heavy atom. The quantitative estimate of drug-likeness (QED) is 0.823. The fourth-order valence-electron chi connectivity index (χ4n) is 4.16. The van der Waals surface area contributed by atoms with Gasteiger partial charge in [0.05, 0.1) is 6.20 Å². The van der Waals surface area contributed by atoms with E-state index in [1.165, 1.54) is 6.07 Å². The lowest BCUT2D eigenvalue weighted by atomic mass is 10.1. The third-order valence-electron chi connectivity index (χ3n) is 5.50. The summed E-state index contributed by atoms with van der Waals surface area (Å²) in [6, 6.07) is 4.32. The Labute approximate surface area is 151 Å². The van der Waals surface area contributed by atoms with E-state index in [1.54, 1.807) is 11.0 Å². The van der Waals surface area contributed by atoms with Crippen molar-refractivity contribution in [1.29, 1.82) is 0 Å². The summed E-state index contributed by atoms with van der Waals surface area (Å²) >= 11 is 0. The molecule has 138 valence electrons. The van der Waals surface area contributed by atoms with E-state index in [-0.39, 0.29) is 30.1 Å². The van der Waals surface area contributed by atoms with Crippen molar-refractivity contribution in [1.82, 2.24) is 19.6 Å². The zero-order valence-corrected chi connectivity index (χ0v) is 14.7. The van der Waals surface area contributed by atoms with Gasteiger partial charge in [-0.05, 0) is 19.4 Å². The number of likely N-dealkylation sites (tertiary alicyclic amines) is 2. The van der Waals surface area contributed by atoms with E-state index in [0.717, 1.165) is 37.7 Å². The molecule has 0 unspecified atom stereocenters. The monoisotopic (exact) mass is 360 g/mol. The van der Waals surface area contributed by atoms with E-state index in [2.05, 4.69) is 10.00 Å². The summed E-state index contributed by atoms with van der Waals surface area (Å²) in [4.78, 5) is 16.5. The van der Waals surface area contributed by atoms with Crippen LogP contribution >= 0.6 is 0 Å². The number of nitrogens with zero attached hydrogens (tertiary/aromatic N) is 4. The van der Waals surface area contributed by atoms with Gasteiger partial charge in [0, 0.05) is 62.0 Å². The molecule has 0 bridgehead atoms. The third-order valence-corrected chi connectivity index (χ3v) is 5.50. The third kappa shape index (κ3) is 3.00. The molecule has 1 aromatic carbocycles. The number of carbonyl (C=O) groups excluding carboxylic acids is 1. The Bertz CT molecular complexity index is 822. The Kier molecular flexibility index (Phi) is 4.48. The first kappa shape index (κ1) is 17.1. The van der Waals surface area contributed by atoms with Gasteiger partial charge < -0.3 is 4.90 Å². The SMILES string of the molecule is CCn1cc(CN2CC[C@H]3[C@@H]2CC(=O)N3Cc2cccc(F)c2F)cn1. The molecule has 26 heavy (non-hydrogen) atoms. The number of rotatable bonds is 5. The normalized spacial score (nSPS) is 23.0. The minimum Gasteiger partial charge on any atom is -0.334 e. The maximum Gasteiger partial charge on any atom is 0.224 e. The molecule has 2 fully saturated rings. The van der Waals surface area contributed by atoms with E-state index in [9.17, 15) is 13.6 Å². The molecule has 2 aliphatic heterocycles. The van der Waals surface area contributed by atoms with E-state index in [4.69, 9.17) is 0 Å². The van der Waals surface area contributed by atoms with Crippen LogP contribution in [0.25, 0.3) is 0 Å². The highest BCUT2D eigenvalue weighted by atomic mass is 19.2. The molecule has 7 heteroatoms. The van der Waals surface area contributed by atoms with Crippen molar-refractivity contribution in [3.05, 3.63) is 53.4 Å². The Morgan fingerprint density at radius 2 is 2.08 bits per heavy atom. The largest absolute Gasteiger partial charge is 0.334 e. The standard InChI is InChI=1S/C19H22F2N4O/c1-2-24-11-13(9-22-24)10-23-7-6-16-17(23)8-18(26)25(16)12-14-4-3-5-15(20)19(14)21/h3-5,9,11,16-17H,2,6-8,10,12H2,1H3/t16-,17-/m0/s1. The zero-order chi connectivity index (χ0) is 18.3. The highest BCUT2D eigenvalue weighted by molar-refractivity contribution is 5.80. The average molecular weight is 360 g/mol. The minimum absolute atomic E-state index is 0.0117. The average Bonchev–Trinajstić information content (AvgIpc) is 3.31. The number of halogens is 2. The number of carbonyl (C=O) groups is 1. The van der Waals surface area contributed by atoms with Crippen LogP contribution in [-0.4, -0.2) is 44.1 Å². The van der Waals surface area contributed by atoms with Gasteiger partial charge in [-0.3, -0.25) is 14.4 Å². The van der Waals surface area contributed by atoms with Crippen LogP contribution in [0.4, 0.5) is 8.78 Å². The fourth-order valence-corrected chi connectivity index (χ4v) is 4.16. The lowest BCUT2D eigenvalue weighted by Crippen LogP contribution is -2.36. The van der Waals surface area contributed by atoms with Crippen molar-refractivity contribution in [2.45, 2.75) is 51.5 Å². The number of aryl methyl sites for hydroxylation is 1. The Balaban J connectivity index is 1.47. The van der Waals surface area contributed by atoms with Crippen LogP contribution in [-0.2, 0) is 24.4 Å². The summed E-state index contributed by atoms with van der Waals surface area (Å²) in [7, 11) is 0. The zero-order valence-electron chi connectivity index (χ0n) is 14.7. The number of hydrogen-bond donors (Lipinski definition) is 0. The molecule has 0 saturated carbocycles. The first-order chi connectivity index (χ1) is 12.6. The van der Waals surface area contributed by atoms with Gasteiger partial charge in [-0.25, -0.2) is 8.78 Å². The second kappa shape index (κ2) is 6.79. The molecule has 0 aliphatic carbocycles. The first-order valence-corrected chi connectivity index (χ1v) is 9.04. The maximum absolute atomic E-state index is 14.0. The summed E-state index contributed by atoms with van der Waals surface area (Å²) in [5.74, 6) is -1.71. The molecule has 4 rings (SSSR count). The highest BCUT2D eigenvalue weighted by Crippen LogP contribution is 2.34. The van der Waals surface area contributed by atoms with E-state index in [1.807, 2.05) is 24.0 Å². The van der Waals surface area contributed by atoms with Crippen LogP contribution in [0.1, 0.15) is 30.9 Å². The van der Waals surface area contributed by atoms with Gasteiger partial charge in [-0.1, -0.05) is 12.1 Å². The predicted octanol–water partition coefficient (Wildman–Crippen LogP) is 2.56. The van der Waals surface area contributed by atoms with Gasteiger partial charge in [-0.15, -0.1) is 0 Å². The molecule has 0 spiro atoms. The van der Waals surface area contributed by atoms with Crippen LogP contribution in [0, 0.1) is 11.6 Å². The van der Waals surface area contributed by atoms with Crippen molar-refractivity contribution in [3.63, 3.8) is 0 Å². The van der Waals surface area contributed by atoms with Crippen molar-refractivity contribution in [2.75, 3.05) is 6.54 Å². The van der Waals surface area contributed by atoms with Gasteiger partial charge in [0.1, 0.15) is 0 Å². The number of fused-ring (bicyclic) bond motifs is 1. The van der Waals surface area contributed by atoms with Crippen molar-refractivity contribution in [2.24, 2.45) is 0 Å². The molecule has 2 atom stereocenters. The molecule has 2 aromatic rings. The lowest BCUT2D eigenvalue weighted by molar-refractivity contribution is -0.129. The summed E-state index contributed by atoms with van der Waals surface area (Å²) in [5.41, 5.74) is 1.37. The molecule has 1 aromatic heterocycles. The fraction of sp³-hybridized carbons (Fsp3) is 0.474. The molecular weight excluding hydrogens is 338 g/mol. The summed E-state index contributed by atoms with van der Waals surface area (Å²) < 4.78 is 29.3. The lowest BCUT2D eigenvalue weighted by Gasteiger charge is -2.25. The molecule has 1 amide bonds. The van der Waals surface area contributed by atoms with Gasteiger partial charge in [0.25, 0.3) is 0 Å². The molecular formula is C19H22F2N4O. The second-order valence-corrected chi connectivity index (χ2v) is 7.04. The van der Waals surface area contributed by atoms with Gasteiger partial charge in [0.15, 0.2) is 11.6 Å². The summed E-state index contributed by atoms with van der Waals surface area (Å²) in [6.07, 6.45) is 5.19. The molecule has 3 heterocycles. The molecule has 2 aliphatic rings. The van der Waals surface area contributed by atoms with Crippen molar-refractivity contribution in [3.8, 4) is 0 Å². The summed E-state index contributed by atoms with van der Waals surface area (Å²) in [6.45, 7) is 4.66. The molecule has 2 saturated heterocycles. The van der Waals surface area contributed by atoms with E-state index >= 15 is 0 Å². The predicted molar refractivity (Wildman–Crippen MR) is 92.0 cm³/mol. The number of hydrogen-bond acceptors (Lipinski definition) is 3. The molecule has 0 N–H and O–H groups in total. The van der Waals surface area contributed by atoms with Gasteiger partial charge in [0.2, 0.25) is 5.91 Å². The first-order valence-electron chi connectivity index (χ1n) is 9.04. The Morgan fingerprint density at radius 3 is 2.85 bits per heavy atom.